The molecule has 37 heavy (non-hydrogen) atoms. The van der Waals surface area contributed by atoms with Crippen molar-refractivity contribution in [2.45, 2.75) is 71.1 Å². The summed E-state index contributed by atoms with van der Waals surface area (Å²) in [6, 6.07) is 31.1. The van der Waals surface area contributed by atoms with Crippen LogP contribution < -0.4 is 0 Å². The number of hydrogen-bond donors (Lipinski definition) is 0. The maximum atomic E-state index is 2.40. The van der Waals surface area contributed by atoms with E-state index in [4.69, 9.17) is 0 Å². The third kappa shape index (κ3) is 10.2. The first kappa shape index (κ1) is 28.7. The lowest BCUT2D eigenvalue weighted by Crippen LogP contribution is -2.13. The van der Waals surface area contributed by atoms with Crippen LogP contribution in [0.4, 0.5) is 0 Å². The first-order valence-electron chi connectivity index (χ1n) is 14.4. The first-order valence-corrected chi connectivity index (χ1v) is 14.4. The predicted molar refractivity (Wildman–Crippen MR) is 164 cm³/mol. The third-order valence-corrected chi connectivity index (χ3v) is 6.99. The van der Waals surface area contributed by atoms with Crippen molar-refractivity contribution >= 4 is 11.1 Å². The number of allylic oxidation sites excluding steroid dienone is 3. The van der Waals surface area contributed by atoms with Gasteiger partial charge in [0.25, 0.3) is 0 Å². The molecular weight excluding hydrogens is 446 g/mol. The van der Waals surface area contributed by atoms with Gasteiger partial charge < -0.3 is 4.90 Å². The quantitative estimate of drug-likeness (QED) is 0.109. The Labute approximate surface area is 226 Å². The Morgan fingerprint density at radius 2 is 1.19 bits per heavy atom. The van der Waals surface area contributed by atoms with E-state index >= 15 is 0 Å². The van der Waals surface area contributed by atoms with Crippen molar-refractivity contribution in [1.82, 2.24) is 4.90 Å². The number of rotatable bonds is 16. The molecule has 0 aliphatic rings. The second-order valence-corrected chi connectivity index (χ2v) is 10.4. The Balaban J connectivity index is 1.86. The molecule has 0 fully saturated rings. The summed E-state index contributed by atoms with van der Waals surface area (Å²) in [6.45, 7) is 3.41. The zero-order chi connectivity index (χ0) is 26.1. The monoisotopic (exact) mass is 493 g/mol. The van der Waals surface area contributed by atoms with Crippen molar-refractivity contribution in [3.8, 4) is 0 Å². The number of nitrogens with zero attached hydrogens (tertiary/aromatic N) is 1. The van der Waals surface area contributed by atoms with E-state index in [2.05, 4.69) is 123 Å². The molecule has 0 aromatic heterocycles. The van der Waals surface area contributed by atoms with Gasteiger partial charge in [0.05, 0.1) is 0 Å². The summed E-state index contributed by atoms with van der Waals surface area (Å²) in [5.74, 6) is 0. The third-order valence-electron chi connectivity index (χ3n) is 6.99. The van der Waals surface area contributed by atoms with Crippen LogP contribution >= 0.6 is 0 Å². The summed E-state index contributed by atoms with van der Waals surface area (Å²) in [7, 11) is 4.29. The summed E-state index contributed by atoms with van der Waals surface area (Å²) in [4.78, 5) is 2.26. The highest BCUT2D eigenvalue weighted by Crippen LogP contribution is 2.33. The number of benzene rings is 3. The maximum absolute atomic E-state index is 2.40. The van der Waals surface area contributed by atoms with E-state index in [-0.39, 0.29) is 0 Å². The molecule has 3 aromatic rings. The van der Waals surface area contributed by atoms with Crippen molar-refractivity contribution in [1.29, 1.82) is 0 Å². The molecule has 196 valence electrons. The molecule has 0 spiro atoms. The van der Waals surface area contributed by atoms with Gasteiger partial charge in [-0.1, -0.05) is 143 Å². The average Bonchev–Trinajstić information content (AvgIpc) is 2.93. The van der Waals surface area contributed by atoms with Gasteiger partial charge in [0.15, 0.2) is 0 Å². The Morgan fingerprint density at radius 3 is 1.81 bits per heavy atom. The van der Waals surface area contributed by atoms with E-state index < -0.39 is 0 Å². The van der Waals surface area contributed by atoms with Crippen LogP contribution in [0.1, 0.15) is 87.0 Å². The molecule has 0 unspecified atom stereocenters. The van der Waals surface area contributed by atoms with Gasteiger partial charge in [-0.3, -0.25) is 0 Å². The number of aryl methyl sites for hydroxylation is 1. The molecule has 0 atom stereocenters. The summed E-state index contributed by atoms with van der Waals surface area (Å²) in [6.07, 6.45) is 17.7. The van der Waals surface area contributed by atoms with Crippen molar-refractivity contribution < 1.29 is 0 Å². The van der Waals surface area contributed by atoms with Gasteiger partial charge in [-0.05, 0) is 79.7 Å². The summed E-state index contributed by atoms with van der Waals surface area (Å²) in [5, 5.41) is 0. The molecule has 0 saturated heterocycles. The predicted octanol–water partition coefficient (Wildman–Crippen LogP) is 9.84. The van der Waals surface area contributed by atoms with Crippen LogP contribution in [-0.4, -0.2) is 25.5 Å². The summed E-state index contributed by atoms with van der Waals surface area (Å²) >= 11 is 0. The van der Waals surface area contributed by atoms with Crippen molar-refractivity contribution in [2.24, 2.45) is 0 Å². The fourth-order valence-corrected chi connectivity index (χ4v) is 4.88. The lowest BCUT2D eigenvalue weighted by Gasteiger charge is -2.16. The van der Waals surface area contributed by atoms with E-state index in [1.165, 1.54) is 84.8 Å². The van der Waals surface area contributed by atoms with Gasteiger partial charge in [0.1, 0.15) is 0 Å². The van der Waals surface area contributed by atoms with Crippen LogP contribution in [0.5, 0.6) is 0 Å². The molecular formula is C36H47N. The van der Waals surface area contributed by atoms with Gasteiger partial charge >= 0.3 is 0 Å². The van der Waals surface area contributed by atoms with Gasteiger partial charge in [-0.15, -0.1) is 0 Å². The number of unbranched alkanes of at least 4 members (excludes halogenated alkanes) is 7. The van der Waals surface area contributed by atoms with Crippen LogP contribution in [0.15, 0.2) is 97.1 Å². The minimum atomic E-state index is 1.12. The highest BCUT2D eigenvalue weighted by molar-refractivity contribution is 6.02. The molecule has 3 rings (SSSR count). The molecule has 0 radical (unpaired) electrons. The van der Waals surface area contributed by atoms with Gasteiger partial charge in [-0.25, -0.2) is 0 Å². The largest absolute Gasteiger partial charge is 0.309 e. The smallest absolute Gasteiger partial charge is 0.00217 e. The molecule has 0 heterocycles. The topological polar surface area (TPSA) is 3.24 Å². The Kier molecular flexibility index (Phi) is 13.0. The van der Waals surface area contributed by atoms with E-state index in [0.29, 0.717) is 0 Å². The summed E-state index contributed by atoms with van der Waals surface area (Å²) in [5.41, 5.74) is 7.84. The Bertz CT molecular complexity index is 1060. The fourth-order valence-electron chi connectivity index (χ4n) is 4.88. The van der Waals surface area contributed by atoms with Crippen LogP contribution in [0.3, 0.4) is 0 Å². The molecule has 0 bridgehead atoms. The molecule has 3 aromatic carbocycles. The molecule has 0 saturated carbocycles. The van der Waals surface area contributed by atoms with Crippen LogP contribution in [0.2, 0.25) is 0 Å². The SMILES string of the molecule is CCCCCCCCC/C=C\C(=C(/c1ccccc1)c1ccc(CCCN(C)C)cc1)c1ccccc1. The van der Waals surface area contributed by atoms with E-state index in [1.54, 1.807) is 0 Å². The molecule has 0 amide bonds. The first-order chi connectivity index (χ1) is 18.2. The van der Waals surface area contributed by atoms with Gasteiger partial charge in [0.2, 0.25) is 0 Å². The normalized spacial score (nSPS) is 12.3. The molecule has 1 nitrogen and oxygen atoms in total. The van der Waals surface area contributed by atoms with Gasteiger partial charge in [-0.2, -0.15) is 0 Å². The fraction of sp³-hybridized carbons (Fsp3) is 0.389. The Hall–Kier alpha value is -2.90. The average molecular weight is 494 g/mol. The lowest BCUT2D eigenvalue weighted by molar-refractivity contribution is 0.400. The highest BCUT2D eigenvalue weighted by atomic mass is 15.0. The zero-order valence-electron chi connectivity index (χ0n) is 23.5. The van der Waals surface area contributed by atoms with Gasteiger partial charge in [0, 0.05) is 0 Å². The second-order valence-electron chi connectivity index (χ2n) is 10.4. The van der Waals surface area contributed by atoms with Crippen molar-refractivity contribution in [3.63, 3.8) is 0 Å². The van der Waals surface area contributed by atoms with Crippen LogP contribution in [-0.2, 0) is 6.42 Å². The van der Waals surface area contributed by atoms with Crippen LogP contribution in [0, 0.1) is 0 Å². The highest BCUT2D eigenvalue weighted by Gasteiger charge is 2.12. The number of hydrogen-bond acceptors (Lipinski definition) is 1. The zero-order valence-corrected chi connectivity index (χ0v) is 23.5. The minimum Gasteiger partial charge on any atom is -0.309 e. The minimum absolute atomic E-state index is 1.12. The van der Waals surface area contributed by atoms with Crippen molar-refractivity contribution in [2.75, 3.05) is 20.6 Å². The lowest BCUT2D eigenvalue weighted by atomic mass is 9.88. The molecule has 0 aliphatic carbocycles. The standard InChI is InChI=1S/C36H47N/c1-4-5-6-7-8-9-10-11-18-25-35(32-21-14-12-15-22-32)36(33-23-16-13-17-24-33)34-28-26-31(27-29-34)20-19-30-37(2)3/h12-18,21-29H,4-11,19-20,30H2,1-3H3/b25-18-,36-35-. The molecule has 0 aliphatic heterocycles. The van der Waals surface area contributed by atoms with Crippen molar-refractivity contribution in [3.05, 3.63) is 119 Å². The summed E-state index contributed by atoms with van der Waals surface area (Å²) < 4.78 is 0. The van der Waals surface area contributed by atoms with E-state index in [0.717, 1.165) is 19.4 Å². The van der Waals surface area contributed by atoms with E-state index in [9.17, 15) is 0 Å². The van der Waals surface area contributed by atoms with Crippen LogP contribution in [0.25, 0.3) is 11.1 Å². The molecule has 0 N–H and O–H groups in total. The second kappa shape index (κ2) is 16.8. The van der Waals surface area contributed by atoms with E-state index in [1.807, 2.05) is 0 Å². The Morgan fingerprint density at radius 1 is 0.622 bits per heavy atom. The maximum Gasteiger partial charge on any atom is -0.00217 e. The molecule has 1 heteroatoms.